The van der Waals surface area contributed by atoms with Crippen LogP contribution < -0.4 is 10.5 Å². The molecule has 0 saturated carbocycles. The van der Waals surface area contributed by atoms with E-state index in [0.29, 0.717) is 11.5 Å². The highest BCUT2D eigenvalue weighted by Gasteiger charge is 2.30. The molecule has 2 aliphatic rings. The normalized spacial score (nSPS) is 20.1. The molecule has 2 aliphatic carbocycles. The van der Waals surface area contributed by atoms with Crippen LogP contribution in [0.3, 0.4) is 0 Å². The van der Waals surface area contributed by atoms with Gasteiger partial charge >= 0.3 is 6.03 Å². The number of nitrogens with zero attached hydrogens (tertiary/aromatic N) is 2. The van der Waals surface area contributed by atoms with Crippen molar-refractivity contribution in [3.05, 3.63) is 39.5 Å². The number of hydrogen-bond donors (Lipinski definition) is 3. The van der Waals surface area contributed by atoms with Crippen LogP contribution in [-0.4, -0.2) is 20.3 Å². The number of rotatable bonds is 3. The molecule has 0 spiro atoms. The third-order valence-corrected chi connectivity index (χ3v) is 8.53. The molecule has 29 heavy (non-hydrogen) atoms. The van der Waals surface area contributed by atoms with E-state index in [-0.39, 0.29) is 4.21 Å². The average molecular weight is 435 g/mol. The minimum absolute atomic E-state index is 0.267. The Hall–Kier alpha value is -1.81. The summed E-state index contributed by atoms with van der Waals surface area (Å²) in [5.41, 5.74) is 4.55. The molecule has 0 radical (unpaired) electrons. The molecule has 2 amide bonds. The van der Waals surface area contributed by atoms with Crippen LogP contribution in [0, 0.1) is 0 Å². The number of aryl methyl sites for hydroxylation is 1. The van der Waals surface area contributed by atoms with Crippen molar-refractivity contribution < 1.29 is 14.1 Å². The third-order valence-electron chi connectivity index (χ3n) is 5.67. The van der Waals surface area contributed by atoms with Gasteiger partial charge in [-0.15, -0.1) is 15.7 Å². The van der Waals surface area contributed by atoms with Gasteiger partial charge in [-0.25, -0.2) is 14.1 Å². The summed E-state index contributed by atoms with van der Waals surface area (Å²) in [5, 5.41) is 20.6. The maximum atomic E-state index is 12.9. The van der Waals surface area contributed by atoms with Crippen LogP contribution in [-0.2, 0) is 34.8 Å². The highest BCUT2D eigenvalue weighted by molar-refractivity contribution is 7.93. The minimum atomic E-state index is -3.40. The standard InChI is InChI=1S/C20H26N4O3S2/c1-11-7-8-14-17(11)22-15-6-4-5-13(15)18(14)23-19(25)24-29(21,27)16-9-12(10-28-16)20(2,3)26/h9-11,26H,4-8H2,1-3H3,(H3,21,22,23,24,25,27)/t11-,29+/m1/s1. The number of urea groups is 1. The first-order valence-corrected chi connectivity index (χ1v) is 12.2. The summed E-state index contributed by atoms with van der Waals surface area (Å²) in [4.78, 5) is 17.5. The van der Waals surface area contributed by atoms with Gasteiger partial charge < -0.3 is 10.4 Å². The van der Waals surface area contributed by atoms with Gasteiger partial charge in [0.2, 0.25) is 0 Å². The summed E-state index contributed by atoms with van der Waals surface area (Å²) in [6.07, 6.45) is 4.68. The smallest absolute Gasteiger partial charge is 0.354 e. The number of hydrogen-bond acceptors (Lipinski definition) is 5. The fourth-order valence-corrected chi connectivity index (χ4v) is 6.32. The SMILES string of the molecule is C[C@@H]1CCc2c1nc1c(c2NC(=O)N=[S@](N)(=O)c2cc(C(C)(C)O)cs2)CCC1. The number of anilines is 1. The van der Waals surface area contributed by atoms with Gasteiger partial charge in [0.15, 0.2) is 9.92 Å². The van der Waals surface area contributed by atoms with Gasteiger partial charge in [0.05, 0.1) is 11.3 Å². The Morgan fingerprint density at radius 1 is 1.38 bits per heavy atom. The van der Waals surface area contributed by atoms with E-state index in [2.05, 4.69) is 16.6 Å². The number of thiophene rings is 1. The molecule has 2 aromatic heterocycles. The summed E-state index contributed by atoms with van der Waals surface area (Å²) in [7, 11) is -3.40. The molecule has 0 bridgehead atoms. The topological polar surface area (TPSA) is 118 Å². The lowest BCUT2D eigenvalue weighted by Crippen LogP contribution is -2.19. The largest absolute Gasteiger partial charge is 0.386 e. The Bertz CT molecular complexity index is 1110. The van der Waals surface area contributed by atoms with E-state index in [1.807, 2.05) is 0 Å². The number of carbonyl (C=O) groups is 1. The molecule has 0 aromatic carbocycles. The van der Waals surface area contributed by atoms with Crippen LogP contribution in [0.15, 0.2) is 20.0 Å². The number of aromatic nitrogens is 1. The highest BCUT2D eigenvalue weighted by Crippen LogP contribution is 2.41. The van der Waals surface area contributed by atoms with Crippen LogP contribution in [0.1, 0.15) is 67.6 Å². The lowest BCUT2D eigenvalue weighted by atomic mass is 10.0. The Morgan fingerprint density at radius 2 is 2.14 bits per heavy atom. The van der Waals surface area contributed by atoms with E-state index in [1.165, 1.54) is 0 Å². The fourth-order valence-electron chi connectivity index (χ4n) is 4.04. The Labute approximate surface area is 175 Å². The zero-order valence-corrected chi connectivity index (χ0v) is 18.5. The van der Waals surface area contributed by atoms with E-state index < -0.39 is 21.5 Å². The monoisotopic (exact) mass is 434 g/mol. The second kappa shape index (κ2) is 7.16. The summed E-state index contributed by atoms with van der Waals surface area (Å²) >= 11 is 1.13. The number of nitrogens with two attached hydrogens (primary N) is 1. The molecular formula is C20H26N4O3S2. The minimum Gasteiger partial charge on any atom is -0.386 e. The first-order chi connectivity index (χ1) is 13.6. The van der Waals surface area contributed by atoms with Crippen molar-refractivity contribution in [1.82, 2.24) is 4.98 Å². The van der Waals surface area contributed by atoms with Gasteiger partial charge in [-0.3, -0.25) is 4.98 Å². The fraction of sp³-hybridized carbons (Fsp3) is 0.500. The van der Waals surface area contributed by atoms with Gasteiger partial charge in [0, 0.05) is 11.4 Å². The summed E-state index contributed by atoms with van der Waals surface area (Å²) in [5.74, 6) is 0.369. The van der Waals surface area contributed by atoms with E-state index in [0.717, 1.165) is 71.6 Å². The molecular weight excluding hydrogens is 408 g/mol. The Kier molecular flexibility index (Phi) is 5.05. The van der Waals surface area contributed by atoms with Crippen molar-refractivity contribution in [2.24, 2.45) is 9.50 Å². The average Bonchev–Trinajstić information content (AvgIpc) is 3.33. The maximum absolute atomic E-state index is 12.9. The molecule has 4 rings (SSSR count). The van der Waals surface area contributed by atoms with Crippen molar-refractivity contribution in [3.8, 4) is 0 Å². The summed E-state index contributed by atoms with van der Waals surface area (Å²) in [6, 6.07) is 0.839. The van der Waals surface area contributed by atoms with Crippen LogP contribution >= 0.6 is 11.3 Å². The predicted molar refractivity (Wildman–Crippen MR) is 115 cm³/mol. The maximum Gasteiger partial charge on any atom is 0.354 e. The van der Waals surface area contributed by atoms with Crippen LogP contribution in [0.4, 0.5) is 10.5 Å². The number of nitrogens with one attached hydrogen (secondary N) is 1. The highest BCUT2D eigenvalue weighted by atomic mass is 32.2. The van der Waals surface area contributed by atoms with Crippen molar-refractivity contribution >= 4 is 33.0 Å². The van der Waals surface area contributed by atoms with Crippen LogP contribution in [0.5, 0.6) is 0 Å². The summed E-state index contributed by atoms with van der Waals surface area (Å²) < 4.78 is 17.0. The number of pyridine rings is 1. The van der Waals surface area contributed by atoms with Gasteiger partial charge in [-0.05, 0) is 80.0 Å². The molecule has 0 unspecified atom stereocenters. The Morgan fingerprint density at radius 3 is 2.83 bits per heavy atom. The molecule has 0 saturated heterocycles. The van der Waals surface area contributed by atoms with E-state index >= 15 is 0 Å². The molecule has 2 heterocycles. The lowest BCUT2D eigenvalue weighted by molar-refractivity contribution is 0.0789. The first-order valence-electron chi connectivity index (χ1n) is 9.78. The van der Waals surface area contributed by atoms with Gasteiger partial charge in [0.25, 0.3) is 0 Å². The number of carbonyl (C=O) groups excluding carboxylic acids is 1. The van der Waals surface area contributed by atoms with E-state index in [9.17, 15) is 14.1 Å². The van der Waals surface area contributed by atoms with E-state index in [4.69, 9.17) is 10.1 Å². The van der Waals surface area contributed by atoms with E-state index in [1.54, 1.807) is 25.3 Å². The molecule has 4 N–H and O–H groups in total. The second-order valence-corrected chi connectivity index (χ2v) is 11.3. The number of fused-ring (bicyclic) bond motifs is 2. The lowest BCUT2D eigenvalue weighted by Gasteiger charge is -2.15. The molecule has 7 nitrogen and oxygen atoms in total. The quantitative estimate of drug-likeness (QED) is 0.680. The predicted octanol–water partition coefficient (Wildman–Crippen LogP) is 3.84. The molecule has 156 valence electrons. The van der Waals surface area contributed by atoms with Crippen molar-refractivity contribution in [2.75, 3.05) is 5.32 Å². The third kappa shape index (κ3) is 3.84. The van der Waals surface area contributed by atoms with Crippen LogP contribution in [0.25, 0.3) is 0 Å². The zero-order valence-electron chi connectivity index (χ0n) is 16.8. The molecule has 9 heteroatoms. The summed E-state index contributed by atoms with van der Waals surface area (Å²) in [6.45, 7) is 5.42. The van der Waals surface area contributed by atoms with Crippen molar-refractivity contribution in [1.29, 1.82) is 0 Å². The number of aliphatic hydroxyl groups is 1. The van der Waals surface area contributed by atoms with Crippen LogP contribution in [0.2, 0.25) is 0 Å². The first kappa shape index (κ1) is 20.5. The molecule has 0 aliphatic heterocycles. The van der Waals surface area contributed by atoms with Gasteiger partial charge in [-0.2, -0.15) is 0 Å². The Balaban J connectivity index is 1.66. The van der Waals surface area contributed by atoms with Crippen molar-refractivity contribution in [3.63, 3.8) is 0 Å². The zero-order chi connectivity index (χ0) is 21.0. The van der Waals surface area contributed by atoms with Gasteiger partial charge in [0.1, 0.15) is 4.21 Å². The second-order valence-electron chi connectivity index (χ2n) is 8.37. The molecule has 2 atom stereocenters. The van der Waals surface area contributed by atoms with Crippen molar-refractivity contribution in [2.45, 2.75) is 68.6 Å². The number of amides is 2. The molecule has 0 fully saturated rings. The van der Waals surface area contributed by atoms with Gasteiger partial charge in [-0.1, -0.05) is 6.92 Å². The molecule has 2 aromatic rings.